The average molecular weight is 361 g/mol. The summed E-state index contributed by atoms with van der Waals surface area (Å²) in [5.41, 5.74) is 2.95. The molecule has 6 nitrogen and oxygen atoms in total. The Balaban J connectivity index is 1.39. The van der Waals surface area contributed by atoms with E-state index >= 15 is 0 Å². The van der Waals surface area contributed by atoms with Crippen LogP contribution in [0, 0.1) is 12.8 Å². The third-order valence-electron chi connectivity index (χ3n) is 5.57. The lowest BCUT2D eigenvalue weighted by molar-refractivity contribution is -0.117. The third kappa shape index (κ3) is 3.05. The Kier molecular flexibility index (Phi) is 3.85. The van der Waals surface area contributed by atoms with Crippen molar-refractivity contribution in [1.82, 2.24) is 14.6 Å². The van der Waals surface area contributed by atoms with Gasteiger partial charge in [0.25, 0.3) is 0 Å². The lowest BCUT2D eigenvalue weighted by atomic mass is 10.1. The molecule has 5 rings (SSSR count). The molecule has 138 valence electrons. The van der Waals surface area contributed by atoms with Crippen molar-refractivity contribution in [3.05, 3.63) is 53.7 Å². The number of rotatable bonds is 4. The van der Waals surface area contributed by atoms with E-state index in [1.165, 1.54) is 18.4 Å². The van der Waals surface area contributed by atoms with E-state index < -0.39 is 0 Å². The molecular weight excluding hydrogens is 338 g/mol. The molecule has 1 saturated carbocycles. The summed E-state index contributed by atoms with van der Waals surface area (Å²) in [5, 5.41) is 7.63. The van der Waals surface area contributed by atoms with Gasteiger partial charge in [-0.15, -0.1) is 0 Å². The summed E-state index contributed by atoms with van der Waals surface area (Å²) in [6.45, 7) is 4.00. The van der Waals surface area contributed by atoms with Gasteiger partial charge < -0.3 is 10.2 Å². The van der Waals surface area contributed by atoms with Crippen LogP contribution in [0.4, 0.5) is 11.6 Å². The molecule has 3 aromatic rings. The summed E-state index contributed by atoms with van der Waals surface area (Å²) in [5.74, 6) is 2.05. The van der Waals surface area contributed by atoms with Crippen molar-refractivity contribution in [3.8, 4) is 0 Å². The maximum atomic E-state index is 12.7. The number of hydrogen-bond acceptors (Lipinski definition) is 4. The van der Waals surface area contributed by atoms with Gasteiger partial charge in [-0.25, -0.2) is 4.98 Å². The van der Waals surface area contributed by atoms with Crippen LogP contribution >= 0.6 is 0 Å². The van der Waals surface area contributed by atoms with Gasteiger partial charge in [-0.1, -0.05) is 30.3 Å². The fourth-order valence-corrected chi connectivity index (χ4v) is 4.08. The molecule has 1 saturated heterocycles. The molecule has 2 fully saturated rings. The van der Waals surface area contributed by atoms with Crippen LogP contribution in [0.2, 0.25) is 0 Å². The Morgan fingerprint density at radius 1 is 1.15 bits per heavy atom. The normalized spacial score (nSPS) is 21.6. The lowest BCUT2D eigenvalue weighted by Gasteiger charge is -2.19. The molecule has 0 bridgehead atoms. The molecule has 1 N–H and O–H groups in total. The lowest BCUT2D eigenvalue weighted by Crippen LogP contribution is -2.22. The minimum atomic E-state index is 0.0345. The van der Waals surface area contributed by atoms with Crippen LogP contribution in [0.25, 0.3) is 5.65 Å². The first-order chi connectivity index (χ1) is 13.2. The van der Waals surface area contributed by atoms with Gasteiger partial charge in [-0.2, -0.15) is 9.61 Å². The zero-order chi connectivity index (χ0) is 18.4. The van der Waals surface area contributed by atoms with E-state index in [4.69, 9.17) is 0 Å². The molecule has 1 aliphatic heterocycles. The Labute approximate surface area is 158 Å². The number of nitrogens with zero attached hydrogens (tertiary/aromatic N) is 4. The van der Waals surface area contributed by atoms with E-state index in [9.17, 15) is 4.79 Å². The Bertz CT molecular complexity index is 990. The highest BCUT2D eigenvalue weighted by Crippen LogP contribution is 2.47. The number of benzene rings is 1. The second-order valence-corrected chi connectivity index (χ2v) is 7.60. The summed E-state index contributed by atoms with van der Waals surface area (Å²) < 4.78 is 1.89. The molecule has 1 amide bonds. The van der Waals surface area contributed by atoms with Gasteiger partial charge in [0.15, 0.2) is 5.65 Å². The summed E-state index contributed by atoms with van der Waals surface area (Å²) in [6, 6.07) is 14.2. The van der Waals surface area contributed by atoms with Crippen LogP contribution in [-0.4, -0.2) is 33.6 Å². The quantitative estimate of drug-likeness (QED) is 0.774. The highest BCUT2D eigenvalue weighted by atomic mass is 16.2. The molecule has 3 heterocycles. The van der Waals surface area contributed by atoms with Crippen molar-refractivity contribution < 1.29 is 4.79 Å². The summed E-state index contributed by atoms with van der Waals surface area (Å²) in [7, 11) is 0. The van der Waals surface area contributed by atoms with Crippen LogP contribution in [-0.2, 0) is 4.79 Å². The number of carbonyl (C=O) groups is 1. The largest absolute Gasteiger partial charge is 0.356 e. The van der Waals surface area contributed by atoms with Gasteiger partial charge in [-0.05, 0) is 37.7 Å². The predicted octanol–water partition coefficient (Wildman–Crippen LogP) is 3.38. The molecule has 6 heteroatoms. The smallest absolute Gasteiger partial charge is 0.229 e. The topological polar surface area (TPSA) is 62.5 Å². The first kappa shape index (κ1) is 16.3. The second kappa shape index (κ2) is 6.37. The molecule has 1 aliphatic carbocycles. The summed E-state index contributed by atoms with van der Waals surface area (Å²) in [4.78, 5) is 19.7. The minimum Gasteiger partial charge on any atom is -0.356 e. The van der Waals surface area contributed by atoms with Gasteiger partial charge in [0.05, 0.1) is 5.69 Å². The Morgan fingerprint density at radius 3 is 2.70 bits per heavy atom. The monoisotopic (exact) mass is 361 g/mol. The van der Waals surface area contributed by atoms with Crippen molar-refractivity contribution in [2.45, 2.75) is 32.1 Å². The van der Waals surface area contributed by atoms with Crippen LogP contribution in [0.5, 0.6) is 0 Å². The van der Waals surface area contributed by atoms with E-state index in [1.807, 2.05) is 41.8 Å². The summed E-state index contributed by atoms with van der Waals surface area (Å²) >= 11 is 0. The average Bonchev–Trinajstić information content (AvgIpc) is 3.11. The number of carbonyl (C=O) groups excluding carboxylic acids is 1. The first-order valence-electron chi connectivity index (χ1n) is 9.67. The van der Waals surface area contributed by atoms with Gasteiger partial charge in [0.1, 0.15) is 11.6 Å². The van der Waals surface area contributed by atoms with E-state index in [2.05, 4.69) is 32.4 Å². The number of anilines is 2. The Hall–Kier alpha value is -2.89. The van der Waals surface area contributed by atoms with Gasteiger partial charge >= 0.3 is 0 Å². The number of aryl methyl sites for hydroxylation is 1. The second-order valence-electron chi connectivity index (χ2n) is 7.60. The zero-order valence-corrected chi connectivity index (χ0v) is 15.4. The maximum absolute atomic E-state index is 12.7. The fourth-order valence-electron chi connectivity index (χ4n) is 4.08. The van der Waals surface area contributed by atoms with E-state index in [1.54, 1.807) is 0 Å². The van der Waals surface area contributed by atoms with Gasteiger partial charge in [-0.3, -0.25) is 4.79 Å². The molecular formula is C21H23N5O. The highest BCUT2D eigenvalue weighted by Gasteiger charge is 2.44. The Morgan fingerprint density at radius 2 is 1.93 bits per heavy atom. The first-order valence-corrected chi connectivity index (χ1v) is 9.67. The number of amides is 1. The number of hydrogen-bond donors (Lipinski definition) is 1. The number of nitrogens with one attached hydrogen (secondary N) is 1. The van der Waals surface area contributed by atoms with Crippen LogP contribution in [0.1, 0.15) is 36.4 Å². The predicted molar refractivity (Wildman–Crippen MR) is 105 cm³/mol. The van der Waals surface area contributed by atoms with Crippen molar-refractivity contribution in [2.24, 2.45) is 5.92 Å². The zero-order valence-electron chi connectivity index (χ0n) is 15.4. The van der Waals surface area contributed by atoms with Crippen LogP contribution in [0.3, 0.4) is 0 Å². The van der Waals surface area contributed by atoms with Crippen molar-refractivity contribution in [1.29, 1.82) is 0 Å². The van der Waals surface area contributed by atoms with Gasteiger partial charge in [0.2, 0.25) is 5.91 Å². The number of aromatic nitrogens is 3. The van der Waals surface area contributed by atoms with Crippen molar-refractivity contribution in [3.63, 3.8) is 0 Å². The fraction of sp³-hybridized carbons (Fsp3) is 0.381. The third-order valence-corrected chi connectivity index (χ3v) is 5.57. The SMILES string of the molecule is Cc1cc2nc(NC(=O)C3CC3c3ccccc3)cc(N3CCCC3)n2n1. The molecule has 2 aliphatic rings. The number of fused-ring (bicyclic) bond motifs is 1. The van der Waals surface area contributed by atoms with E-state index in [0.29, 0.717) is 11.7 Å². The molecule has 2 atom stereocenters. The maximum Gasteiger partial charge on any atom is 0.229 e. The molecule has 2 unspecified atom stereocenters. The van der Waals surface area contributed by atoms with Crippen molar-refractivity contribution in [2.75, 3.05) is 23.3 Å². The highest BCUT2D eigenvalue weighted by molar-refractivity contribution is 5.95. The van der Waals surface area contributed by atoms with E-state index in [-0.39, 0.29) is 11.8 Å². The molecule has 0 radical (unpaired) electrons. The molecule has 27 heavy (non-hydrogen) atoms. The summed E-state index contributed by atoms with van der Waals surface area (Å²) in [6.07, 6.45) is 3.28. The molecule has 1 aromatic carbocycles. The molecule has 2 aromatic heterocycles. The minimum absolute atomic E-state index is 0.0345. The standard InChI is InChI=1S/C21H23N5O/c1-14-11-19-22-18(13-20(26(19)24-14)25-9-5-6-10-25)23-21(27)17-12-16(17)15-7-3-2-4-8-15/h2-4,7-8,11,13,16-17H,5-6,9-10,12H2,1H3,(H,22,23,27). The van der Waals surface area contributed by atoms with Gasteiger partial charge in [0, 0.05) is 31.1 Å². The molecule has 0 spiro atoms. The van der Waals surface area contributed by atoms with Crippen LogP contribution < -0.4 is 10.2 Å². The van der Waals surface area contributed by atoms with Crippen molar-refractivity contribution >= 4 is 23.2 Å². The van der Waals surface area contributed by atoms with E-state index in [0.717, 1.165) is 36.7 Å². The van der Waals surface area contributed by atoms with Crippen LogP contribution in [0.15, 0.2) is 42.5 Å².